The molecular weight excluding hydrogens is 445 g/mol. The van der Waals surface area contributed by atoms with Crippen LogP contribution in [0, 0.1) is 0 Å². The summed E-state index contributed by atoms with van der Waals surface area (Å²) in [5.41, 5.74) is 6.79. The van der Waals surface area contributed by atoms with Gasteiger partial charge in [0.2, 0.25) is 0 Å². The van der Waals surface area contributed by atoms with E-state index in [1.807, 2.05) is 6.21 Å². The molecule has 0 atom stereocenters. The Morgan fingerprint density at radius 2 is 0.941 bits per heavy atom. The van der Waals surface area contributed by atoms with E-state index in [0.717, 1.165) is 22.4 Å². The Kier molecular flexibility index (Phi) is 5.80. The molecule has 168 valence electrons. The van der Waals surface area contributed by atoms with Crippen molar-refractivity contribution < 1.29 is 0 Å². The van der Waals surface area contributed by atoms with Gasteiger partial charge in [0.1, 0.15) is 5.71 Å². The first kappa shape index (κ1) is 22.4. The van der Waals surface area contributed by atoms with E-state index < -0.39 is 15.2 Å². The van der Waals surface area contributed by atoms with E-state index in [9.17, 15) is 0 Å². The molecule has 34 heavy (non-hydrogen) atoms. The van der Waals surface area contributed by atoms with Crippen molar-refractivity contribution in [2.75, 3.05) is 0 Å². The molecule has 4 aromatic rings. The highest BCUT2D eigenvalue weighted by Crippen LogP contribution is 2.36. The molecule has 0 fully saturated rings. The average Bonchev–Trinajstić information content (AvgIpc) is 3.19. The van der Waals surface area contributed by atoms with Gasteiger partial charge in [-0.05, 0) is 16.7 Å². The largest absolute Gasteiger partial charge is 0.158 e. The highest BCUT2D eigenvalue weighted by Gasteiger charge is 2.43. The van der Waals surface area contributed by atoms with E-state index in [4.69, 9.17) is 0 Å². The van der Waals surface area contributed by atoms with Crippen LogP contribution in [0.2, 0.25) is 26.2 Å². The Hall–Kier alpha value is -3.35. The highest BCUT2D eigenvalue weighted by molar-refractivity contribution is 7.49. The number of hydrogen-bond donors (Lipinski definition) is 0. The van der Waals surface area contributed by atoms with Crippen LogP contribution in [-0.2, 0) is 0 Å². The molecule has 0 amide bonds. The van der Waals surface area contributed by atoms with Gasteiger partial charge in [0.25, 0.3) is 0 Å². The van der Waals surface area contributed by atoms with Gasteiger partial charge in [0.15, 0.2) is 0 Å². The minimum atomic E-state index is -1.64. The lowest BCUT2D eigenvalue weighted by Gasteiger charge is -2.39. The van der Waals surface area contributed by atoms with Crippen LogP contribution in [0.5, 0.6) is 0 Å². The molecule has 1 aliphatic rings. The van der Waals surface area contributed by atoms with Crippen LogP contribution in [0.1, 0.15) is 16.7 Å². The Morgan fingerprint density at radius 1 is 0.500 bits per heavy atom. The zero-order chi connectivity index (χ0) is 23.8. The second-order valence-corrected chi connectivity index (χ2v) is 25.2. The van der Waals surface area contributed by atoms with E-state index >= 15 is 0 Å². The summed E-state index contributed by atoms with van der Waals surface area (Å²) in [5.74, 6) is 0. The first-order valence-electron chi connectivity index (χ1n) is 11.9. The third-order valence-corrected chi connectivity index (χ3v) is 25.5. The summed E-state index contributed by atoms with van der Waals surface area (Å²) in [4.78, 5) is 0. The molecule has 0 unspecified atom stereocenters. The van der Waals surface area contributed by atoms with Crippen LogP contribution in [0.25, 0.3) is 11.1 Å². The molecule has 0 N–H and O–H groups in total. The fourth-order valence-electron chi connectivity index (χ4n) is 4.82. The van der Waals surface area contributed by atoms with E-state index in [1.165, 1.54) is 16.3 Å². The summed E-state index contributed by atoms with van der Waals surface area (Å²) >= 11 is 0. The number of nitrogens with zero attached hydrogens (tertiary/aromatic N) is 2. The van der Waals surface area contributed by atoms with Gasteiger partial charge in [-0.3, -0.25) is 0 Å². The maximum Gasteiger partial charge on any atom is 0.101 e. The predicted molar refractivity (Wildman–Crippen MR) is 152 cm³/mol. The smallest absolute Gasteiger partial charge is 0.101 e. The molecule has 0 saturated heterocycles. The van der Waals surface area contributed by atoms with Crippen molar-refractivity contribution in [1.29, 1.82) is 0 Å². The Bertz CT molecular complexity index is 1340. The summed E-state index contributed by atoms with van der Waals surface area (Å²) in [6.45, 7) is 10.1. The van der Waals surface area contributed by atoms with Crippen molar-refractivity contribution in [2.24, 2.45) is 10.2 Å². The van der Waals surface area contributed by atoms with E-state index in [-0.39, 0.29) is 0 Å². The number of hydrogen-bond acceptors (Lipinski definition) is 2. The molecule has 0 spiro atoms. The van der Waals surface area contributed by atoms with E-state index in [2.05, 4.69) is 140 Å². The van der Waals surface area contributed by atoms with Gasteiger partial charge in [-0.1, -0.05) is 140 Å². The maximum atomic E-state index is 4.65. The molecule has 5 rings (SSSR count). The lowest BCUT2D eigenvalue weighted by molar-refractivity contribution is 1.25. The van der Waals surface area contributed by atoms with Gasteiger partial charge < -0.3 is 0 Å². The van der Waals surface area contributed by atoms with Crippen molar-refractivity contribution in [1.82, 2.24) is 0 Å². The van der Waals surface area contributed by atoms with Crippen LogP contribution in [0.4, 0.5) is 0 Å². The molecule has 0 bridgehead atoms. The zero-order valence-electron chi connectivity index (χ0n) is 20.3. The van der Waals surface area contributed by atoms with Gasteiger partial charge in [0.05, 0.1) is 21.4 Å². The number of rotatable bonds is 5. The quantitative estimate of drug-likeness (QED) is 0.166. The van der Waals surface area contributed by atoms with Gasteiger partial charge in [-0.25, -0.2) is 0 Å². The summed E-state index contributed by atoms with van der Waals surface area (Å²) in [6, 6.07) is 37.0. The number of benzene rings is 4. The highest BCUT2D eigenvalue weighted by atomic mass is 29.3. The van der Waals surface area contributed by atoms with Gasteiger partial charge >= 0.3 is 0 Å². The SMILES string of the molecule is C[Si](C)(c1ccccc1)[Si](C)(C)c1ccc(/C=N/N=C2c3ccccc3-c3ccccc32)cc1. The molecular formula is C30H30N2Si2. The second kappa shape index (κ2) is 8.78. The van der Waals surface area contributed by atoms with E-state index in [1.54, 1.807) is 5.19 Å². The van der Waals surface area contributed by atoms with Crippen LogP contribution in [0.3, 0.4) is 0 Å². The maximum absolute atomic E-state index is 4.65. The molecule has 2 nitrogen and oxygen atoms in total. The summed E-state index contributed by atoms with van der Waals surface area (Å²) in [7, 11) is -3.23. The van der Waals surface area contributed by atoms with Crippen molar-refractivity contribution in [3.8, 4) is 11.1 Å². The third kappa shape index (κ3) is 3.83. The Labute approximate surface area is 204 Å². The Morgan fingerprint density at radius 3 is 1.47 bits per heavy atom. The summed E-state index contributed by atoms with van der Waals surface area (Å²) in [5, 5.41) is 12.2. The molecule has 4 aromatic carbocycles. The number of fused-ring (bicyclic) bond motifs is 3. The second-order valence-electron chi connectivity index (χ2n) is 10.0. The molecule has 0 heterocycles. The topological polar surface area (TPSA) is 24.7 Å². The third-order valence-electron chi connectivity index (χ3n) is 7.71. The fourth-order valence-corrected chi connectivity index (χ4v) is 13.6. The molecule has 0 radical (unpaired) electrons. The van der Waals surface area contributed by atoms with Crippen LogP contribution >= 0.6 is 0 Å². The van der Waals surface area contributed by atoms with E-state index in [0.29, 0.717) is 0 Å². The molecule has 4 heteroatoms. The summed E-state index contributed by atoms with van der Waals surface area (Å²) in [6.07, 6.45) is 1.87. The lowest BCUT2D eigenvalue weighted by atomic mass is 10.1. The van der Waals surface area contributed by atoms with Gasteiger partial charge in [-0.2, -0.15) is 5.10 Å². The molecule has 0 aliphatic heterocycles. The average molecular weight is 475 g/mol. The molecule has 0 aromatic heterocycles. The fraction of sp³-hybridized carbons (Fsp3) is 0.133. The first-order valence-corrected chi connectivity index (χ1v) is 18.9. The van der Waals surface area contributed by atoms with Crippen LogP contribution < -0.4 is 10.4 Å². The van der Waals surface area contributed by atoms with Crippen molar-refractivity contribution in [3.05, 3.63) is 120 Å². The lowest BCUT2D eigenvalue weighted by Crippen LogP contribution is -2.69. The van der Waals surface area contributed by atoms with Crippen molar-refractivity contribution >= 4 is 37.5 Å². The molecule has 1 aliphatic carbocycles. The zero-order valence-corrected chi connectivity index (χ0v) is 22.3. The summed E-state index contributed by atoms with van der Waals surface area (Å²) < 4.78 is 0. The van der Waals surface area contributed by atoms with Gasteiger partial charge in [-0.15, -0.1) is 5.10 Å². The van der Waals surface area contributed by atoms with Gasteiger partial charge in [0, 0.05) is 11.1 Å². The minimum absolute atomic E-state index is 0.947. The van der Waals surface area contributed by atoms with Crippen molar-refractivity contribution in [3.63, 3.8) is 0 Å². The predicted octanol–water partition coefficient (Wildman–Crippen LogP) is 6.15. The monoisotopic (exact) mass is 474 g/mol. The normalized spacial score (nSPS) is 13.1. The van der Waals surface area contributed by atoms with Crippen molar-refractivity contribution in [2.45, 2.75) is 26.2 Å². The van der Waals surface area contributed by atoms with Crippen LogP contribution in [-0.4, -0.2) is 27.1 Å². The standard InChI is InChI=1S/C30H30N2Si2/c1-33(2,24-12-6-5-7-13-24)34(3,4)25-20-18-23(19-21-25)22-31-32-30-28-16-10-8-14-26(28)27-15-9-11-17-29(27)30/h5-22H,1-4H3/b31-22+. The first-order chi connectivity index (χ1) is 16.4. The molecule has 0 saturated carbocycles. The Balaban J connectivity index is 1.40. The van der Waals surface area contributed by atoms with Crippen LogP contribution in [0.15, 0.2) is 113 Å². The minimum Gasteiger partial charge on any atom is -0.158 e.